The average Bonchev–Trinajstić information content (AvgIpc) is 3.25. The number of imide groups is 1. The number of non-ortho nitro benzene ring substituents is 1. The van der Waals surface area contributed by atoms with Gasteiger partial charge in [0.15, 0.2) is 5.78 Å². The van der Waals surface area contributed by atoms with Crippen molar-refractivity contribution in [3.63, 3.8) is 0 Å². The summed E-state index contributed by atoms with van der Waals surface area (Å²) in [5.41, 5.74) is 1.42. The van der Waals surface area contributed by atoms with E-state index >= 15 is 0 Å². The highest BCUT2D eigenvalue weighted by molar-refractivity contribution is 6.24. The largest absolute Gasteiger partial charge is 0.297 e. The number of benzene rings is 2. The van der Waals surface area contributed by atoms with E-state index in [0.29, 0.717) is 5.56 Å². The van der Waals surface area contributed by atoms with Gasteiger partial charge in [-0.2, -0.15) is 5.10 Å². The fourth-order valence-corrected chi connectivity index (χ4v) is 5.30. The Hall–Kier alpha value is -3.88. The molecule has 0 saturated carbocycles. The molecule has 0 aromatic heterocycles. The monoisotopic (exact) mass is 460 g/mol. The standard InChI is InChI=1S/C25H24N4O5/c1-13-9-10-15(29(33)34)11-17(13)27-23(31)18-19(24(27)32)21(22(30)25(2,3)4)28-20(18)16-8-6-5-7-14(16)12-26-28/h5-12,18-21H,1-4H3/t18-,19+,20-,21-/m0/s1. The zero-order valence-corrected chi connectivity index (χ0v) is 19.3. The molecule has 2 aromatic carbocycles. The van der Waals surface area contributed by atoms with E-state index in [1.165, 1.54) is 18.2 Å². The summed E-state index contributed by atoms with van der Waals surface area (Å²) in [6.45, 7) is 7.03. The number of carbonyl (C=O) groups excluding carboxylic acids is 3. The van der Waals surface area contributed by atoms with E-state index in [9.17, 15) is 24.5 Å². The van der Waals surface area contributed by atoms with Gasteiger partial charge in [0.2, 0.25) is 11.8 Å². The summed E-state index contributed by atoms with van der Waals surface area (Å²) >= 11 is 0. The second-order valence-corrected chi connectivity index (χ2v) is 10.0. The molecule has 3 aliphatic rings. The van der Waals surface area contributed by atoms with Crippen molar-refractivity contribution in [2.75, 3.05) is 4.90 Å². The number of hydrogen-bond donors (Lipinski definition) is 0. The van der Waals surface area contributed by atoms with Crippen LogP contribution in [0.5, 0.6) is 0 Å². The molecule has 0 aliphatic carbocycles. The number of Topliss-reactive ketones (excluding diaryl/α,β-unsaturated/α-hetero) is 1. The number of hydrogen-bond acceptors (Lipinski definition) is 7. The van der Waals surface area contributed by atoms with Crippen LogP contribution in [0.4, 0.5) is 11.4 Å². The lowest BCUT2D eigenvalue weighted by molar-refractivity contribution is -0.384. The Morgan fingerprint density at radius 2 is 1.74 bits per heavy atom. The third-order valence-electron chi connectivity index (χ3n) is 6.95. The number of amides is 2. The minimum Gasteiger partial charge on any atom is -0.297 e. The number of fused-ring (bicyclic) bond motifs is 5. The number of ketones is 1. The van der Waals surface area contributed by atoms with Gasteiger partial charge in [-0.3, -0.25) is 29.5 Å². The van der Waals surface area contributed by atoms with E-state index < -0.39 is 46.1 Å². The first-order valence-corrected chi connectivity index (χ1v) is 11.1. The van der Waals surface area contributed by atoms with E-state index in [1.54, 1.807) is 38.9 Å². The molecule has 2 aromatic rings. The van der Waals surface area contributed by atoms with E-state index in [-0.39, 0.29) is 17.2 Å². The summed E-state index contributed by atoms with van der Waals surface area (Å²) in [6, 6.07) is 10.1. The maximum atomic E-state index is 13.9. The number of carbonyl (C=O) groups is 3. The molecule has 0 unspecified atom stereocenters. The Bertz CT molecular complexity index is 1290. The number of nitrogens with zero attached hydrogens (tertiary/aromatic N) is 4. The molecule has 4 atom stereocenters. The van der Waals surface area contributed by atoms with Crippen LogP contribution in [0.2, 0.25) is 0 Å². The Kier molecular flexibility index (Phi) is 4.72. The molecule has 5 rings (SSSR count). The molecule has 0 bridgehead atoms. The smallest absolute Gasteiger partial charge is 0.271 e. The van der Waals surface area contributed by atoms with Crippen LogP contribution in [0.1, 0.15) is 43.5 Å². The van der Waals surface area contributed by atoms with Gasteiger partial charge in [0.25, 0.3) is 5.69 Å². The third-order valence-corrected chi connectivity index (χ3v) is 6.95. The van der Waals surface area contributed by atoms with Crippen molar-refractivity contribution < 1.29 is 19.3 Å². The zero-order valence-electron chi connectivity index (χ0n) is 19.3. The fraction of sp³-hybridized carbons (Fsp3) is 0.360. The van der Waals surface area contributed by atoms with Gasteiger partial charge in [0.05, 0.1) is 34.7 Å². The van der Waals surface area contributed by atoms with Crippen LogP contribution in [0, 0.1) is 34.3 Å². The van der Waals surface area contributed by atoms with Crippen LogP contribution < -0.4 is 4.90 Å². The first kappa shape index (κ1) is 21.9. The number of nitro benzene ring substituents is 1. The first-order chi connectivity index (χ1) is 16.0. The highest BCUT2D eigenvalue weighted by Crippen LogP contribution is 2.54. The van der Waals surface area contributed by atoms with E-state index in [2.05, 4.69) is 5.10 Å². The number of anilines is 1. The van der Waals surface area contributed by atoms with Gasteiger partial charge in [-0.25, -0.2) is 4.90 Å². The second kappa shape index (κ2) is 7.31. The van der Waals surface area contributed by atoms with Crippen molar-refractivity contribution in [3.8, 4) is 0 Å². The predicted octanol–water partition coefficient (Wildman–Crippen LogP) is 3.40. The minimum atomic E-state index is -0.939. The number of nitro groups is 1. The molecule has 0 radical (unpaired) electrons. The number of aryl methyl sites for hydroxylation is 1. The summed E-state index contributed by atoms with van der Waals surface area (Å²) < 4.78 is 0. The fourth-order valence-electron chi connectivity index (χ4n) is 5.30. The van der Waals surface area contributed by atoms with Crippen LogP contribution in [-0.4, -0.2) is 39.8 Å². The van der Waals surface area contributed by atoms with Crippen molar-refractivity contribution in [1.82, 2.24) is 5.01 Å². The van der Waals surface area contributed by atoms with Crippen molar-refractivity contribution >= 4 is 35.2 Å². The summed E-state index contributed by atoms with van der Waals surface area (Å²) in [5.74, 6) is -2.94. The predicted molar refractivity (Wildman–Crippen MR) is 124 cm³/mol. The molecule has 0 spiro atoms. The van der Waals surface area contributed by atoms with Gasteiger partial charge in [-0.05, 0) is 23.6 Å². The van der Waals surface area contributed by atoms with Crippen molar-refractivity contribution in [1.29, 1.82) is 0 Å². The van der Waals surface area contributed by atoms with Gasteiger partial charge in [-0.1, -0.05) is 51.1 Å². The topological polar surface area (TPSA) is 113 Å². The van der Waals surface area contributed by atoms with Gasteiger partial charge >= 0.3 is 0 Å². The lowest BCUT2D eigenvalue weighted by Gasteiger charge is -2.35. The maximum absolute atomic E-state index is 13.9. The summed E-state index contributed by atoms with van der Waals surface area (Å²) in [6.07, 6.45) is 1.66. The molecular weight excluding hydrogens is 436 g/mol. The molecule has 174 valence electrons. The van der Waals surface area contributed by atoms with Crippen LogP contribution in [-0.2, 0) is 14.4 Å². The normalized spacial score (nSPS) is 25.3. The number of rotatable bonds is 3. The van der Waals surface area contributed by atoms with Crippen LogP contribution >= 0.6 is 0 Å². The van der Waals surface area contributed by atoms with Gasteiger partial charge < -0.3 is 0 Å². The van der Waals surface area contributed by atoms with Gasteiger partial charge in [0, 0.05) is 17.5 Å². The van der Waals surface area contributed by atoms with Crippen molar-refractivity contribution in [2.45, 2.75) is 39.8 Å². The molecule has 3 aliphatic heterocycles. The average molecular weight is 460 g/mol. The Morgan fingerprint density at radius 1 is 1.06 bits per heavy atom. The van der Waals surface area contributed by atoms with E-state index in [4.69, 9.17) is 0 Å². The lowest BCUT2D eigenvalue weighted by atomic mass is 9.79. The van der Waals surface area contributed by atoms with Crippen LogP contribution in [0.15, 0.2) is 47.6 Å². The SMILES string of the molecule is Cc1ccc([N+](=O)[O-])cc1N1C(=O)[C@@H]2[C@H](C1=O)[C@@H]1c3ccccc3C=NN1[C@@H]2C(=O)C(C)(C)C. The lowest BCUT2D eigenvalue weighted by Crippen LogP contribution is -2.48. The molecule has 34 heavy (non-hydrogen) atoms. The first-order valence-electron chi connectivity index (χ1n) is 11.1. The molecule has 0 N–H and O–H groups in total. The maximum Gasteiger partial charge on any atom is 0.271 e. The molecule has 3 heterocycles. The Labute approximate surface area is 196 Å². The quantitative estimate of drug-likeness (QED) is 0.394. The molecular formula is C25H24N4O5. The van der Waals surface area contributed by atoms with Crippen LogP contribution in [0.25, 0.3) is 0 Å². The molecule has 2 amide bonds. The minimum absolute atomic E-state index is 0.180. The van der Waals surface area contributed by atoms with Crippen molar-refractivity contribution in [2.24, 2.45) is 22.4 Å². The van der Waals surface area contributed by atoms with Crippen molar-refractivity contribution in [3.05, 3.63) is 69.3 Å². The summed E-state index contributed by atoms with van der Waals surface area (Å²) in [5, 5.41) is 17.5. The highest BCUT2D eigenvalue weighted by atomic mass is 16.6. The van der Waals surface area contributed by atoms with Gasteiger partial charge in [-0.15, -0.1) is 0 Å². The molecule has 9 nitrogen and oxygen atoms in total. The van der Waals surface area contributed by atoms with Gasteiger partial charge in [0.1, 0.15) is 6.04 Å². The molecule has 2 fully saturated rings. The Balaban J connectivity index is 1.68. The summed E-state index contributed by atoms with van der Waals surface area (Å²) in [4.78, 5) is 53.1. The van der Waals surface area contributed by atoms with E-state index in [1.807, 2.05) is 24.3 Å². The Morgan fingerprint density at radius 3 is 2.41 bits per heavy atom. The molecule has 2 saturated heterocycles. The number of hydrazone groups is 1. The summed E-state index contributed by atoms with van der Waals surface area (Å²) in [7, 11) is 0. The highest BCUT2D eigenvalue weighted by Gasteiger charge is 2.66. The molecule has 9 heteroatoms. The van der Waals surface area contributed by atoms with E-state index in [0.717, 1.165) is 16.0 Å². The third kappa shape index (κ3) is 2.99. The zero-order chi connectivity index (χ0) is 24.5. The second-order valence-electron chi connectivity index (χ2n) is 10.0. The van der Waals surface area contributed by atoms with Crippen LogP contribution in [0.3, 0.4) is 0 Å².